The average molecular weight is 293 g/mol. The predicted octanol–water partition coefficient (Wildman–Crippen LogP) is 2.77. The third kappa shape index (κ3) is 2.85. The Morgan fingerprint density at radius 2 is 2.37 bits per heavy atom. The zero-order valence-electron chi connectivity index (χ0n) is 10.2. The lowest BCUT2D eigenvalue weighted by atomic mass is 10.3. The second-order valence-electron chi connectivity index (χ2n) is 3.73. The highest BCUT2D eigenvalue weighted by Gasteiger charge is 2.10. The van der Waals surface area contributed by atoms with Crippen molar-refractivity contribution < 1.29 is 4.52 Å². The van der Waals surface area contributed by atoms with Crippen molar-refractivity contribution in [1.29, 1.82) is 0 Å². The first-order valence-corrected chi connectivity index (χ1v) is 7.67. The highest BCUT2D eigenvalue weighted by atomic mass is 32.2. The van der Waals surface area contributed by atoms with Gasteiger partial charge in [-0.15, -0.1) is 5.10 Å². The summed E-state index contributed by atoms with van der Waals surface area (Å²) >= 11 is 3.09. The molecule has 0 amide bonds. The summed E-state index contributed by atoms with van der Waals surface area (Å²) in [4.78, 5) is 8.65. The molecular formula is C11H11N5OS2. The molecule has 3 aromatic heterocycles. The van der Waals surface area contributed by atoms with E-state index in [0.717, 1.165) is 17.8 Å². The smallest absolute Gasteiger partial charge is 0.258 e. The largest absolute Gasteiger partial charge is 0.334 e. The Labute approximate surface area is 117 Å². The lowest BCUT2D eigenvalue weighted by Crippen LogP contribution is -1.85. The predicted molar refractivity (Wildman–Crippen MR) is 72.9 cm³/mol. The summed E-state index contributed by atoms with van der Waals surface area (Å²) in [6, 6.07) is 1.96. The van der Waals surface area contributed by atoms with Gasteiger partial charge in [-0.2, -0.15) is 16.3 Å². The van der Waals surface area contributed by atoms with Gasteiger partial charge in [0.05, 0.1) is 11.3 Å². The van der Waals surface area contributed by atoms with E-state index < -0.39 is 0 Å². The molecule has 0 aliphatic carbocycles. The number of aryl methyl sites for hydroxylation is 1. The lowest BCUT2D eigenvalue weighted by molar-refractivity contribution is 0.425. The van der Waals surface area contributed by atoms with Crippen LogP contribution >= 0.6 is 23.1 Å². The summed E-state index contributed by atoms with van der Waals surface area (Å²) in [7, 11) is 0. The van der Waals surface area contributed by atoms with Crippen molar-refractivity contribution in [2.24, 2.45) is 0 Å². The molecule has 0 aromatic carbocycles. The van der Waals surface area contributed by atoms with Crippen LogP contribution in [0.25, 0.3) is 11.5 Å². The van der Waals surface area contributed by atoms with Crippen LogP contribution in [-0.2, 0) is 12.2 Å². The molecule has 0 saturated carbocycles. The molecule has 98 valence electrons. The molecule has 3 aromatic rings. The zero-order valence-corrected chi connectivity index (χ0v) is 11.8. The third-order valence-electron chi connectivity index (χ3n) is 2.41. The first-order valence-electron chi connectivity index (χ1n) is 5.74. The van der Waals surface area contributed by atoms with E-state index in [1.807, 2.05) is 23.8 Å². The summed E-state index contributed by atoms with van der Waals surface area (Å²) in [6.45, 7) is 2.03. The fourth-order valence-electron chi connectivity index (χ4n) is 1.45. The molecule has 1 N–H and O–H groups in total. The van der Waals surface area contributed by atoms with Gasteiger partial charge < -0.3 is 4.52 Å². The second kappa shape index (κ2) is 5.54. The van der Waals surface area contributed by atoms with Crippen LogP contribution in [-0.4, -0.2) is 25.3 Å². The van der Waals surface area contributed by atoms with Crippen LogP contribution in [0.5, 0.6) is 0 Å². The van der Waals surface area contributed by atoms with Gasteiger partial charge in [0.25, 0.3) is 5.89 Å². The van der Waals surface area contributed by atoms with E-state index in [0.29, 0.717) is 22.6 Å². The first-order chi connectivity index (χ1) is 9.35. The highest BCUT2D eigenvalue weighted by Crippen LogP contribution is 2.22. The molecule has 0 spiro atoms. The van der Waals surface area contributed by atoms with Crippen molar-refractivity contribution in [3.05, 3.63) is 28.5 Å². The van der Waals surface area contributed by atoms with Crippen molar-refractivity contribution in [3.8, 4) is 11.5 Å². The lowest BCUT2D eigenvalue weighted by Gasteiger charge is -1.89. The van der Waals surface area contributed by atoms with Crippen molar-refractivity contribution in [2.75, 3.05) is 0 Å². The monoisotopic (exact) mass is 293 g/mol. The Kier molecular flexibility index (Phi) is 3.60. The van der Waals surface area contributed by atoms with Gasteiger partial charge in [0, 0.05) is 11.8 Å². The van der Waals surface area contributed by atoms with E-state index in [4.69, 9.17) is 4.52 Å². The summed E-state index contributed by atoms with van der Waals surface area (Å²) in [5.41, 5.74) is 0.958. The van der Waals surface area contributed by atoms with Gasteiger partial charge in [0.2, 0.25) is 5.16 Å². The molecule has 19 heavy (non-hydrogen) atoms. The van der Waals surface area contributed by atoms with Crippen LogP contribution < -0.4 is 0 Å². The second-order valence-corrected chi connectivity index (χ2v) is 5.46. The number of hydrogen-bond acceptors (Lipinski definition) is 7. The van der Waals surface area contributed by atoms with Gasteiger partial charge in [-0.05, 0) is 11.4 Å². The van der Waals surface area contributed by atoms with Gasteiger partial charge in [0.1, 0.15) is 5.82 Å². The van der Waals surface area contributed by atoms with Gasteiger partial charge in [-0.3, -0.25) is 5.10 Å². The Balaban J connectivity index is 1.64. The Morgan fingerprint density at radius 3 is 3.11 bits per heavy atom. The molecule has 0 aliphatic rings. The molecule has 6 nitrogen and oxygen atoms in total. The summed E-state index contributed by atoms with van der Waals surface area (Å²) in [5, 5.41) is 15.6. The number of H-pyrrole nitrogens is 1. The fraction of sp³-hybridized carbons (Fsp3) is 0.273. The number of thioether (sulfide) groups is 1. The minimum atomic E-state index is 0.557. The molecule has 0 saturated heterocycles. The molecule has 3 rings (SSSR count). The SMILES string of the molecule is CCc1nc(SCc2noc(-c3ccsc3)n2)n[nH]1. The van der Waals surface area contributed by atoms with E-state index in [1.54, 1.807) is 11.3 Å². The molecule has 0 unspecified atom stereocenters. The van der Waals surface area contributed by atoms with Crippen LogP contribution in [0.15, 0.2) is 26.5 Å². The molecule has 3 heterocycles. The van der Waals surface area contributed by atoms with E-state index in [-0.39, 0.29) is 0 Å². The normalized spacial score (nSPS) is 11.0. The maximum Gasteiger partial charge on any atom is 0.258 e. The molecule has 0 bridgehead atoms. The van der Waals surface area contributed by atoms with Crippen LogP contribution in [0.4, 0.5) is 0 Å². The Hall–Kier alpha value is -1.67. The maximum atomic E-state index is 5.21. The third-order valence-corrected chi connectivity index (χ3v) is 3.94. The number of aromatic nitrogens is 5. The van der Waals surface area contributed by atoms with Crippen molar-refractivity contribution in [2.45, 2.75) is 24.3 Å². The first kappa shape index (κ1) is 12.4. The summed E-state index contributed by atoms with van der Waals surface area (Å²) in [5.74, 6) is 2.68. The minimum Gasteiger partial charge on any atom is -0.334 e. The maximum absolute atomic E-state index is 5.21. The van der Waals surface area contributed by atoms with E-state index in [2.05, 4.69) is 25.3 Å². The van der Waals surface area contributed by atoms with Crippen molar-refractivity contribution in [3.63, 3.8) is 0 Å². The quantitative estimate of drug-likeness (QED) is 0.729. The topological polar surface area (TPSA) is 80.5 Å². The van der Waals surface area contributed by atoms with Crippen LogP contribution in [0.3, 0.4) is 0 Å². The molecule has 8 heteroatoms. The van der Waals surface area contributed by atoms with Crippen LogP contribution in [0.1, 0.15) is 18.6 Å². The minimum absolute atomic E-state index is 0.557. The van der Waals surface area contributed by atoms with Crippen LogP contribution in [0.2, 0.25) is 0 Å². The number of thiophene rings is 1. The molecular weight excluding hydrogens is 282 g/mol. The van der Waals surface area contributed by atoms with Crippen LogP contribution in [0, 0.1) is 0 Å². The standard InChI is InChI=1S/C11H11N5OS2/c1-2-8-13-11(15-14-8)19-6-9-12-10(17-16-9)7-3-4-18-5-7/h3-5H,2,6H2,1H3,(H,13,14,15). The molecule has 0 radical (unpaired) electrons. The van der Waals surface area contributed by atoms with Gasteiger partial charge in [-0.25, -0.2) is 4.98 Å². The van der Waals surface area contributed by atoms with E-state index in [1.165, 1.54) is 11.8 Å². The Morgan fingerprint density at radius 1 is 1.42 bits per heavy atom. The Bertz CT molecular complexity index is 646. The van der Waals surface area contributed by atoms with Crippen molar-refractivity contribution >= 4 is 23.1 Å². The van der Waals surface area contributed by atoms with Crippen molar-refractivity contribution in [1.82, 2.24) is 25.3 Å². The summed E-state index contributed by atoms with van der Waals surface area (Å²) < 4.78 is 5.21. The van der Waals surface area contributed by atoms with Gasteiger partial charge in [0.15, 0.2) is 5.82 Å². The average Bonchev–Trinajstić information content (AvgIpc) is 3.16. The summed E-state index contributed by atoms with van der Waals surface area (Å²) in [6.07, 6.45) is 0.845. The van der Waals surface area contributed by atoms with E-state index >= 15 is 0 Å². The number of nitrogens with zero attached hydrogens (tertiary/aromatic N) is 4. The zero-order chi connectivity index (χ0) is 13.1. The number of hydrogen-bond donors (Lipinski definition) is 1. The fourth-order valence-corrected chi connectivity index (χ4v) is 2.74. The molecule has 0 aliphatic heterocycles. The highest BCUT2D eigenvalue weighted by molar-refractivity contribution is 7.98. The van der Waals surface area contributed by atoms with E-state index in [9.17, 15) is 0 Å². The molecule has 0 fully saturated rings. The van der Waals surface area contributed by atoms with Gasteiger partial charge in [-0.1, -0.05) is 23.8 Å². The number of aromatic amines is 1. The number of nitrogens with one attached hydrogen (secondary N) is 1. The number of rotatable bonds is 5. The molecule has 0 atom stereocenters. The van der Waals surface area contributed by atoms with Gasteiger partial charge >= 0.3 is 0 Å².